The quantitative estimate of drug-likeness (QED) is 0.786. The number of carboxylic acid groups (broad SMARTS) is 1. The molecule has 1 aromatic rings. The number of hydrogen-bond acceptors (Lipinski definition) is 3. The van der Waals surface area contributed by atoms with Crippen LogP contribution in [0.4, 0.5) is 0 Å². The summed E-state index contributed by atoms with van der Waals surface area (Å²) in [7, 11) is 0. The molecule has 5 heteroatoms. The van der Waals surface area contributed by atoms with E-state index in [9.17, 15) is 4.79 Å². The molecule has 0 aliphatic heterocycles. The monoisotopic (exact) mass is 302 g/mol. The molecule has 0 saturated heterocycles. The summed E-state index contributed by atoms with van der Waals surface area (Å²) in [5, 5.41) is 8.50. The molecule has 0 saturated carbocycles. The van der Waals surface area contributed by atoms with Gasteiger partial charge in [-0.3, -0.25) is 4.79 Å². The Hall–Kier alpha value is -1.23. The zero-order valence-corrected chi connectivity index (χ0v) is 11.2. The number of halogens is 1. The maximum absolute atomic E-state index is 10.3. The van der Waals surface area contributed by atoms with Crippen LogP contribution >= 0.6 is 15.9 Å². The average molecular weight is 303 g/mol. The van der Waals surface area contributed by atoms with Crippen LogP contribution in [0.3, 0.4) is 0 Å². The molecular formula is C12H15BrO4. The Morgan fingerprint density at radius 2 is 2.12 bits per heavy atom. The van der Waals surface area contributed by atoms with Gasteiger partial charge in [0.05, 0.1) is 13.2 Å². The van der Waals surface area contributed by atoms with Gasteiger partial charge in [-0.05, 0) is 31.5 Å². The van der Waals surface area contributed by atoms with Gasteiger partial charge in [0.2, 0.25) is 0 Å². The van der Waals surface area contributed by atoms with Crippen molar-refractivity contribution in [1.82, 2.24) is 0 Å². The van der Waals surface area contributed by atoms with E-state index in [0.29, 0.717) is 31.1 Å². The van der Waals surface area contributed by atoms with Crippen molar-refractivity contribution >= 4 is 21.9 Å². The summed E-state index contributed by atoms with van der Waals surface area (Å²) in [5.41, 5.74) is 0. The Balaban J connectivity index is 2.54. The summed E-state index contributed by atoms with van der Waals surface area (Å²) in [6.45, 7) is 2.82. The van der Waals surface area contributed by atoms with Crippen molar-refractivity contribution in [2.24, 2.45) is 0 Å². The predicted octanol–water partition coefficient (Wildman–Crippen LogP) is 3.09. The van der Waals surface area contributed by atoms with E-state index in [4.69, 9.17) is 14.6 Å². The molecule has 1 N–H and O–H groups in total. The van der Waals surface area contributed by atoms with Gasteiger partial charge >= 0.3 is 5.97 Å². The first kappa shape index (κ1) is 13.8. The van der Waals surface area contributed by atoms with Crippen molar-refractivity contribution in [2.75, 3.05) is 13.2 Å². The third-order valence-electron chi connectivity index (χ3n) is 2.00. The Bertz CT molecular complexity index is 379. The van der Waals surface area contributed by atoms with Crippen LogP contribution in [0.1, 0.15) is 19.8 Å². The maximum atomic E-state index is 10.3. The van der Waals surface area contributed by atoms with E-state index in [-0.39, 0.29) is 6.42 Å². The third kappa shape index (κ3) is 5.08. The van der Waals surface area contributed by atoms with Gasteiger partial charge in [-0.15, -0.1) is 0 Å². The molecule has 17 heavy (non-hydrogen) atoms. The summed E-state index contributed by atoms with van der Waals surface area (Å²) in [5.74, 6) is 0.493. The minimum Gasteiger partial charge on any atom is -0.490 e. The standard InChI is InChI=1S/C12H15BrO4/c1-2-16-11-8-9(13)5-6-10(11)17-7-3-4-12(14)15/h5-6,8H,2-4,7H2,1H3,(H,14,15). The van der Waals surface area contributed by atoms with Crippen LogP contribution in [-0.2, 0) is 4.79 Å². The molecule has 0 fully saturated rings. The van der Waals surface area contributed by atoms with Crippen molar-refractivity contribution < 1.29 is 19.4 Å². The highest BCUT2D eigenvalue weighted by Crippen LogP contribution is 2.30. The van der Waals surface area contributed by atoms with Crippen LogP contribution in [0, 0.1) is 0 Å². The molecular weight excluding hydrogens is 288 g/mol. The lowest BCUT2D eigenvalue weighted by atomic mass is 10.3. The van der Waals surface area contributed by atoms with Crippen LogP contribution in [0.2, 0.25) is 0 Å². The highest BCUT2D eigenvalue weighted by atomic mass is 79.9. The zero-order valence-electron chi connectivity index (χ0n) is 9.61. The Kier molecular flexibility index (Phi) is 5.83. The SMILES string of the molecule is CCOc1cc(Br)ccc1OCCCC(=O)O. The van der Waals surface area contributed by atoms with E-state index < -0.39 is 5.97 Å². The number of carbonyl (C=O) groups is 1. The fourth-order valence-electron chi connectivity index (χ4n) is 1.27. The number of hydrogen-bond donors (Lipinski definition) is 1. The van der Waals surface area contributed by atoms with Gasteiger partial charge in [0.25, 0.3) is 0 Å². The van der Waals surface area contributed by atoms with Gasteiger partial charge in [0, 0.05) is 10.9 Å². The van der Waals surface area contributed by atoms with Crippen LogP contribution in [0.15, 0.2) is 22.7 Å². The fourth-order valence-corrected chi connectivity index (χ4v) is 1.62. The van der Waals surface area contributed by atoms with Crippen molar-refractivity contribution in [3.63, 3.8) is 0 Å². The molecule has 0 aromatic heterocycles. The van der Waals surface area contributed by atoms with E-state index in [1.807, 2.05) is 19.1 Å². The summed E-state index contributed by atoms with van der Waals surface area (Å²) < 4.78 is 11.8. The summed E-state index contributed by atoms with van der Waals surface area (Å²) >= 11 is 3.35. The predicted molar refractivity (Wildman–Crippen MR) is 67.7 cm³/mol. The van der Waals surface area contributed by atoms with Crippen molar-refractivity contribution in [1.29, 1.82) is 0 Å². The molecule has 0 atom stereocenters. The van der Waals surface area contributed by atoms with Crippen molar-refractivity contribution in [3.05, 3.63) is 22.7 Å². The highest BCUT2D eigenvalue weighted by molar-refractivity contribution is 9.10. The van der Waals surface area contributed by atoms with Gasteiger partial charge in [-0.1, -0.05) is 15.9 Å². The van der Waals surface area contributed by atoms with Crippen LogP contribution in [-0.4, -0.2) is 24.3 Å². The second-order valence-electron chi connectivity index (χ2n) is 3.37. The van der Waals surface area contributed by atoms with Gasteiger partial charge in [-0.25, -0.2) is 0 Å². The highest BCUT2D eigenvalue weighted by Gasteiger charge is 2.06. The second-order valence-corrected chi connectivity index (χ2v) is 4.29. The summed E-state index contributed by atoms with van der Waals surface area (Å²) in [6.07, 6.45) is 0.595. The molecule has 0 radical (unpaired) electrons. The van der Waals surface area contributed by atoms with E-state index in [0.717, 1.165) is 4.47 Å². The molecule has 4 nitrogen and oxygen atoms in total. The fraction of sp³-hybridized carbons (Fsp3) is 0.417. The van der Waals surface area contributed by atoms with E-state index in [1.165, 1.54) is 0 Å². The number of aliphatic carboxylic acids is 1. The topological polar surface area (TPSA) is 55.8 Å². The molecule has 1 aromatic carbocycles. The van der Waals surface area contributed by atoms with Gasteiger partial charge in [-0.2, -0.15) is 0 Å². The Labute approximate surface area is 109 Å². The van der Waals surface area contributed by atoms with Gasteiger partial charge < -0.3 is 14.6 Å². The molecule has 0 spiro atoms. The minimum atomic E-state index is -0.811. The number of rotatable bonds is 7. The largest absolute Gasteiger partial charge is 0.490 e. The first-order valence-corrected chi connectivity index (χ1v) is 6.19. The van der Waals surface area contributed by atoms with Crippen molar-refractivity contribution in [2.45, 2.75) is 19.8 Å². The van der Waals surface area contributed by atoms with Crippen LogP contribution in [0.5, 0.6) is 11.5 Å². The Morgan fingerprint density at radius 3 is 2.76 bits per heavy atom. The lowest BCUT2D eigenvalue weighted by molar-refractivity contribution is -0.137. The number of carboxylic acids is 1. The average Bonchev–Trinajstić information content (AvgIpc) is 2.27. The molecule has 0 aliphatic rings. The van der Waals surface area contributed by atoms with E-state index >= 15 is 0 Å². The van der Waals surface area contributed by atoms with Crippen molar-refractivity contribution in [3.8, 4) is 11.5 Å². The first-order chi connectivity index (χ1) is 8.13. The third-order valence-corrected chi connectivity index (χ3v) is 2.49. The molecule has 0 aliphatic carbocycles. The molecule has 1 rings (SSSR count). The molecule has 0 bridgehead atoms. The van der Waals surface area contributed by atoms with E-state index in [1.54, 1.807) is 6.07 Å². The second kappa shape index (κ2) is 7.17. The molecule has 0 amide bonds. The first-order valence-electron chi connectivity index (χ1n) is 5.40. The smallest absolute Gasteiger partial charge is 0.303 e. The molecule has 0 heterocycles. The zero-order chi connectivity index (χ0) is 12.7. The lowest BCUT2D eigenvalue weighted by Crippen LogP contribution is -2.03. The van der Waals surface area contributed by atoms with Gasteiger partial charge in [0.1, 0.15) is 0 Å². The van der Waals surface area contributed by atoms with Crippen LogP contribution < -0.4 is 9.47 Å². The minimum absolute atomic E-state index is 0.112. The number of ether oxygens (including phenoxy) is 2. The maximum Gasteiger partial charge on any atom is 0.303 e. The lowest BCUT2D eigenvalue weighted by Gasteiger charge is -2.11. The van der Waals surface area contributed by atoms with E-state index in [2.05, 4.69) is 15.9 Å². The normalized spacial score (nSPS) is 10.0. The summed E-state index contributed by atoms with van der Waals surface area (Å²) in [4.78, 5) is 10.3. The number of benzene rings is 1. The molecule has 0 unspecified atom stereocenters. The summed E-state index contributed by atoms with van der Waals surface area (Å²) in [6, 6.07) is 5.49. The Morgan fingerprint density at radius 1 is 1.35 bits per heavy atom. The molecule has 94 valence electrons. The van der Waals surface area contributed by atoms with Crippen LogP contribution in [0.25, 0.3) is 0 Å². The van der Waals surface area contributed by atoms with Gasteiger partial charge in [0.15, 0.2) is 11.5 Å².